The smallest absolute Gasteiger partial charge is 0.150 e. The molecule has 0 saturated carbocycles. The summed E-state index contributed by atoms with van der Waals surface area (Å²) in [5, 5.41) is 3.25. The van der Waals surface area contributed by atoms with Crippen LogP contribution in [0.4, 0.5) is 4.39 Å². The summed E-state index contributed by atoms with van der Waals surface area (Å²) in [6.45, 7) is 6.61. The fraction of sp³-hybridized carbons (Fsp3) is 0.571. The van der Waals surface area contributed by atoms with Gasteiger partial charge in [-0.2, -0.15) is 0 Å². The minimum atomic E-state index is -3.08. The monoisotopic (exact) mass is 303 g/mol. The first-order valence-corrected chi connectivity index (χ1v) is 8.46. The van der Waals surface area contributed by atoms with Crippen molar-refractivity contribution in [2.75, 3.05) is 18.6 Å². The Hall–Kier alpha value is -1.14. The van der Waals surface area contributed by atoms with Gasteiger partial charge in [0, 0.05) is 24.4 Å². The predicted molar refractivity (Wildman–Crippen MR) is 78.2 cm³/mol. The summed E-state index contributed by atoms with van der Waals surface area (Å²) < 4.78 is 40.8. The lowest BCUT2D eigenvalue weighted by atomic mass is 10.1. The zero-order chi connectivity index (χ0) is 15.4. The number of ether oxygens (including phenoxy) is 1. The number of hydrogen-bond acceptors (Lipinski definition) is 4. The van der Waals surface area contributed by atoms with Gasteiger partial charge in [0.1, 0.15) is 18.2 Å². The molecule has 0 saturated heterocycles. The highest BCUT2D eigenvalue weighted by Gasteiger charge is 2.10. The van der Waals surface area contributed by atoms with Gasteiger partial charge in [-0.25, -0.2) is 12.8 Å². The Labute approximate surface area is 120 Å². The third kappa shape index (κ3) is 7.45. The zero-order valence-corrected chi connectivity index (χ0v) is 13.2. The van der Waals surface area contributed by atoms with Crippen LogP contribution in [0.15, 0.2) is 18.2 Å². The Bertz CT molecular complexity index is 550. The maximum absolute atomic E-state index is 13.5. The summed E-state index contributed by atoms with van der Waals surface area (Å²) in [4.78, 5) is 0. The van der Waals surface area contributed by atoms with Crippen LogP contribution in [0.3, 0.4) is 0 Å². The molecule has 4 nitrogen and oxygen atoms in total. The van der Waals surface area contributed by atoms with Crippen molar-refractivity contribution in [3.8, 4) is 5.75 Å². The first-order valence-electron chi connectivity index (χ1n) is 6.40. The average molecular weight is 303 g/mol. The molecular weight excluding hydrogens is 281 g/mol. The molecule has 0 aromatic heterocycles. The second kappa shape index (κ2) is 6.54. The molecule has 1 aromatic carbocycles. The van der Waals surface area contributed by atoms with Crippen LogP contribution in [0.5, 0.6) is 5.75 Å². The first-order chi connectivity index (χ1) is 9.05. The fourth-order valence-electron chi connectivity index (χ4n) is 1.48. The second-order valence-electron chi connectivity index (χ2n) is 5.88. The van der Waals surface area contributed by atoms with Crippen LogP contribution in [-0.4, -0.2) is 32.6 Å². The maximum Gasteiger partial charge on any atom is 0.150 e. The predicted octanol–water partition coefficient (Wildman–Crippen LogP) is 2.14. The Morgan fingerprint density at radius 1 is 1.25 bits per heavy atom. The summed E-state index contributed by atoms with van der Waals surface area (Å²) in [6, 6.07) is 4.40. The molecule has 0 aliphatic heterocycles. The molecule has 6 heteroatoms. The van der Waals surface area contributed by atoms with E-state index in [9.17, 15) is 12.8 Å². The fourth-order valence-corrected chi connectivity index (χ4v) is 1.87. The first kappa shape index (κ1) is 16.9. The van der Waals surface area contributed by atoms with E-state index >= 15 is 0 Å². The number of nitrogens with one attached hydrogen (secondary N) is 1. The van der Waals surface area contributed by atoms with Crippen molar-refractivity contribution in [3.63, 3.8) is 0 Å². The third-order valence-electron chi connectivity index (χ3n) is 2.48. The van der Waals surface area contributed by atoms with Crippen LogP contribution >= 0.6 is 0 Å². The van der Waals surface area contributed by atoms with Crippen LogP contribution in [-0.2, 0) is 16.4 Å². The number of hydrogen-bond donors (Lipinski definition) is 1. The van der Waals surface area contributed by atoms with Gasteiger partial charge in [-0.05, 0) is 38.5 Å². The van der Waals surface area contributed by atoms with Crippen LogP contribution in [0, 0.1) is 5.82 Å². The SMILES string of the molecule is CC(C)(C)NCc1cc(F)cc(OCCS(C)(=O)=O)c1. The zero-order valence-electron chi connectivity index (χ0n) is 12.4. The molecule has 114 valence electrons. The van der Waals surface area contributed by atoms with E-state index in [2.05, 4.69) is 5.32 Å². The molecule has 1 rings (SSSR count). The van der Waals surface area contributed by atoms with E-state index in [1.165, 1.54) is 12.1 Å². The largest absolute Gasteiger partial charge is 0.492 e. The van der Waals surface area contributed by atoms with Gasteiger partial charge in [0.15, 0.2) is 9.84 Å². The van der Waals surface area contributed by atoms with E-state index in [0.29, 0.717) is 12.3 Å². The van der Waals surface area contributed by atoms with Gasteiger partial charge >= 0.3 is 0 Å². The molecule has 1 N–H and O–H groups in total. The lowest BCUT2D eigenvalue weighted by Gasteiger charge is -2.20. The lowest BCUT2D eigenvalue weighted by molar-refractivity contribution is 0.338. The summed E-state index contributed by atoms with van der Waals surface area (Å²) >= 11 is 0. The van der Waals surface area contributed by atoms with E-state index < -0.39 is 15.7 Å². The van der Waals surface area contributed by atoms with Crippen molar-refractivity contribution in [1.29, 1.82) is 0 Å². The summed E-state index contributed by atoms with van der Waals surface area (Å²) in [5.74, 6) is -0.133. The minimum Gasteiger partial charge on any atom is -0.492 e. The number of benzene rings is 1. The van der Waals surface area contributed by atoms with E-state index in [1.54, 1.807) is 6.07 Å². The standard InChI is InChI=1S/C14H22FNO3S/c1-14(2,3)16-10-11-7-12(15)9-13(8-11)19-5-6-20(4,17)18/h7-9,16H,5-6,10H2,1-4H3. The van der Waals surface area contributed by atoms with Gasteiger partial charge in [-0.15, -0.1) is 0 Å². The van der Waals surface area contributed by atoms with Crippen LogP contribution in [0.2, 0.25) is 0 Å². The Balaban J connectivity index is 2.66. The molecule has 0 fully saturated rings. The lowest BCUT2D eigenvalue weighted by Crippen LogP contribution is -2.35. The van der Waals surface area contributed by atoms with Crippen molar-refractivity contribution >= 4 is 9.84 Å². The number of rotatable bonds is 6. The third-order valence-corrected chi connectivity index (χ3v) is 3.39. The summed E-state index contributed by atoms with van der Waals surface area (Å²) in [6.07, 6.45) is 1.14. The Morgan fingerprint density at radius 3 is 2.45 bits per heavy atom. The topological polar surface area (TPSA) is 55.4 Å². The molecule has 0 amide bonds. The van der Waals surface area contributed by atoms with E-state index in [1.807, 2.05) is 20.8 Å². The highest BCUT2D eigenvalue weighted by Crippen LogP contribution is 2.17. The normalized spacial score (nSPS) is 12.4. The van der Waals surface area contributed by atoms with Gasteiger partial charge in [-0.1, -0.05) is 0 Å². The van der Waals surface area contributed by atoms with Crippen LogP contribution in [0.1, 0.15) is 26.3 Å². The quantitative estimate of drug-likeness (QED) is 0.875. The molecule has 0 bridgehead atoms. The van der Waals surface area contributed by atoms with Gasteiger partial charge < -0.3 is 10.1 Å². The minimum absolute atomic E-state index is 0.0222. The summed E-state index contributed by atoms with van der Waals surface area (Å²) in [7, 11) is -3.08. The van der Waals surface area contributed by atoms with E-state index in [4.69, 9.17) is 4.74 Å². The maximum atomic E-state index is 13.5. The van der Waals surface area contributed by atoms with Gasteiger partial charge in [0.25, 0.3) is 0 Å². The van der Waals surface area contributed by atoms with Gasteiger partial charge in [-0.3, -0.25) is 0 Å². The second-order valence-corrected chi connectivity index (χ2v) is 8.14. The molecule has 0 aliphatic rings. The molecular formula is C14H22FNO3S. The van der Waals surface area contributed by atoms with E-state index in [0.717, 1.165) is 11.8 Å². The summed E-state index contributed by atoms with van der Waals surface area (Å²) in [5.41, 5.74) is 0.693. The van der Waals surface area contributed by atoms with E-state index in [-0.39, 0.29) is 17.9 Å². The molecule has 0 unspecified atom stereocenters. The van der Waals surface area contributed by atoms with Crippen molar-refractivity contribution in [3.05, 3.63) is 29.6 Å². The number of halogens is 1. The molecule has 0 radical (unpaired) electrons. The van der Waals surface area contributed by atoms with Crippen molar-refractivity contribution < 1.29 is 17.5 Å². The molecule has 1 aromatic rings. The van der Waals surface area contributed by atoms with Gasteiger partial charge in [0.05, 0.1) is 5.75 Å². The average Bonchev–Trinajstić information content (AvgIpc) is 2.23. The molecule has 0 atom stereocenters. The Kier molecular flexibility index (Phi) is 5.53. The molecule has 0 aliphatic carbocycles. The number of sulfone groups is 1. The highest BCUT2D eigenvalue weighted by molar-refractivity contribution is 7.90. The van der Waals surface area contributed by atoms with Crippen molar-refractivity contribution in [1.82, 2.24) is 5.32 Å². The Morgan fingerprint density at radius 2 is 1.90 bits per heavy atom. The van der Waals surface area contributed by atoms with Crippen molar-refractivity contribution in [2.24, 2.45) is 0 Å². The van der Waals surface area contributed by atoms with Gasteiger partial charge in [0.2, 0.25) is 0 Å². The van der Waals surface area contributed by atoms with Crippen LogP contribution in [0.25, 0.3) is 0 Å². The molecule has 20 heavy (non-hydrogen) atoms. The molecule has 0 heterocycles. The highest BCUT2D eigenvalue weighted by atomic mass is 32.2. The molecule has 0 spiro atoms. The van der Waals surface area contributed by atoms with Crippen molar-refractivity contribution in [2.45, 2.75) is 32.9 Å². The van der Waals surface area contributed by atoms with Crippen LogP contribution < -0.4 is 10.1 Å².